The molecule has 2 fully saturated rings. The summed E-state index contributed by atoms with van der Waals surface area (Å²) < 4.78 is 0. The van der Waals surface area contributed by atoms with Crippen LogP contribution >= 0.6 is 11.8 Å². The Kier molecular flexibility index (Phi) is 3.77. The van der Waals surface area contributed by atoms with Gasteiger partial charge in [-0.25, -0.2) is 0 Å². The molecule has 3 heteroatoms. The van der Waals surface area contributed by atoms with Gasteiger partial charge in [-0.1, -0.05) is 32.5 Å². The van der Waals surface area contributed by atoms with E-state index in [0.29, 0.717) is 11.5 Å². The smallest absolute Gasteiger partial charge is 0.157 e. The zero-order chi connectivity index (χ0) is 12.5. The molecule has 17 heavy (non-hydrogen) atoms. The number of amidine groups is 1. The molecule has 1 heterocycles. The van der Waals surface area contributed by atoms with E-state index in [1.807, 2.05) is 11.8 Å². The lowest BCUT2D eigenvalue weighted by Gasteiger charge is -2.32. The Morgan fingerprint density at radius 2 is 1.94 bits per heavy atom. The van der Waals surface area contributed by atoms with Gasteiger partial charge in [0.25, 0.3) is 0 Å². The molecule has 0 aromatic heterocycles. The van der Waals surface area contributed by atoms with Crippen LogP contribution in [0.1, 0.15) is 59.8 Å². The highest BCUT2D eigenvalue weighted by atomic mass is 32.2. The van der Waals surface area contributed by atoms with Crippen molar-refractivity contribution in [3.63, 3.8) is 0 Å². The summed E-state index contributed by atoms with van der Waals surface area (Å²) in [5.74, 6) is 1.17. The molecule has 0 bridgehead atoms. The minimum atomic E-state index is 0.275. The van der Waals surface area contributed by atoms with Crippen molar-refractivity contribution >= 4 is 16.9 Å². The first-order valence-electron chi connectivity index (χ1n) is 6.91. The number of hydrogen-bond acceptors (Lipinski definition) is 2. The molecule has 98 valence electrons. The van der Waals surface area contributed by atoms with Crippen molar-refractivity contribution in [1.29, 1.82) is 0 Å². The zero-order valence-electron chi connectivity index (χ0n) is 11.7. The van der Waals surface area contributed by atoms with Crippen LogP contribution in [0.15, 0.2) is 4.99 Å². The lowest BCUT2D eigenvalue weighted by atomic mass is 9.76. The first-order valence-corrected chi connectivity index (χ1v) is 7.90. The van der Waals surface area contributed by atoms with E-state index < -0.39 is 0 Å². The number of hydrogen-bond donors (Lipinski definition) is 1. The van der Waals surface area contributed by atoms with E-state index in [9.17, 15) is 0 Å². The lowest BCUT2D eigenvalue weighted by Crippen LogP contribution is -2.40. The van der Waals surface area contributed by atoms with Crippen molar-refractivity contribution in [3.05, 3.63) is 0 Å². The van der Waals surface area contributed by atoms with Crippen molar-refractivity contribution in [2.24, 2.45) is 10.4 Å². The maximum Gasteiger partial charge on any atom is 0.157 e. The average Bonchev–Trinajstić information content (AvgIpc) is 2.65. The fourth-order valence-electron chi connectivity index (χ4n) is 2.50. The van der Waals surface area contributed by atoms with Gasteiger partial charge >= 0.3 is 0 Å². The summed E-state index contributed by atoms with van der Waals surface area (Å²) >= 11 is 1.91. The molecule has 1 atom stereocenters. The molecule has 1 saturated heterocycles. The highest BCUT2D eigenvalue weighted by Crippen LogP contribution is 2.37. The van der Waals surface area contributed by atoms with Crippen molar-refractivity contribution < 1.29 is 0 Å². The summed E-state index contributed by atoms with van der Waals surface area (Å²) in [6.45, 7) is 9.31. The normalized spacial score (nSPS) is 36.1. The van der Waals surface area contributed by atoms with Gasteiger partial charge in [0.2, 0.25) is 0 Å². The molecule has 0 aromatic carbocycles. The van der Waals surface area contributed by atoms with Gasteiger partial charge in [0.1, 0.15) is 0 Å². The molecule has 2 rings (SSSR count). The molecule has 1 N–H and O–H groups in total. The summed E-state index contributed by atoms with van der Waals surface area (Å²) in [7, 11) is 0. The molecule has 2 nitrogen and oxygen atoms in total. The molecule has 0 radical (unpaired) electrons. The van der Waals surface area contributed by atoms with Gasteiger partial charge in [-0.3, -0.25) is 4.99 Å². The van der Waals surface area contributed by atoms with Crippen LogP contribution in [0.3, 0.4) is 0 Å². The lowest BCUT2D eigenvalue weighted by molar-refractivity contribution is 0.226. The molecule has 1 aliphatic carbocycles. The highest BCUT2D eigenvalue weighted by molar-refractivity contribution is 8.14. The average molecular weight is 254 g/mol. The van der Waals surface area contributed by atoms with E-state index in [1.165, 1.54) is 43.0 Å². The number of rotatable bonds is 2. The first-order chi connectivity index (χ1) is 7.92. The van der Waals surface area contributed by atoms with Crippen LogP contribution in [0.25, 0.3) is 0 Å². The highest BCUT2D eigenvalue weighted by Gasteiger charge is 2.32. The number of thioether (sulfide) groups is 1. The molecular weight excluding hydrogens is 228 g/mol. The maximum atomic E-state index is 4.91. The van der Waals surface area contributed by atoms with Crippen molar-refractivity contribution in [1.82, 2.24) is 5.32 Å². The van der Waals surface area contributed by atoms with Crippen LogP contribution < -0.4 is 5.32 Å². The third kappa shape index (κ3) is 3.40. The number of nitrogens with zero attached hydrogens (tertiary/aromatic N) is 1. The Balaban J connectivity index is 1.90. The largest absolute Gasteiger partial charge is 0.359 e. The molecule has 0 aromatic rings. The van der Waals surface area contributed by atoms with E-state index in [0.717, 1.165) is 0 Å². The Bertz CT molecular complexity index is 301. The van der Waals surface area contributed by atoms with Crippen LogP contribution in [0, 0.1) is 5.41 Å². The van der Waals surface area contributed by atoms with Crippen LogP contribution in [0.4, 0.5) is 0 Å². The monoisotopic (exact) mass is 254 g/mol. The maximum absolute atomic E-state index is 4.91. The minimum Gasteiger partial charge on any atom is -0.359 e. The van der Waals surface area contributed by atoms with E-state index in [2.05, 4.69) is 33.0 Å². The Hall–Kier alpha value is -0.180. The van der Waals surface area contributed by atoms with Gasteiger partial charge in [0.05, 0.1) is 6.04 Å². The summed E-state index contributed by atoms with van der Waals surface area (Å²) in [4.78, 5) is 4.91. The second-order valence-electron chi connectivity index (χ2n) is 6.66. The fraction of sp³-hybridized carbons (Fsp3) is 0.929. The fourth-order valence-corrected chi connectivity index (χ4v) is 3.77. The SMILES string of the molecule is CCC1(C)CSC(=NC2CCC(C)(C)CC2)N1. The minimum absolute atomic E-state index is 0.275. The van der Waals surface area contributed by atoms with E-state index >= 15 is 0 Å². The van der Waals surface area contributed by atoms with E-state index in [1.54, 1.807) is 0 Å². The van der Waals surface area contributed by atoms with Gasteiger partial charge in [0.15, 0.2) is 5.17 Å². The number of nitrogens with one attached hydrogen (secondary N) is 1. The van der Waals surface area contributed by atoms with Crippen LogP contribution in [0.5, 0.6) is 0 Å². The van der Waals surface area contributed by atoms with Gasteiger partial charge in [0, 0.05) is 11.3 Å². The van der Waals surface area contributed by atoms with Gasteiger partial charge in [-0.05, 0) is 44.4 Å². The Labute approximate surface area is 110 Å². The Morgan fingerprint density at radius 3 is 2.47 bits per heavy atom. The zero-order valence-corrected chi connectivity index (χ0v) is 12.5. The van der Waals surface area contributed by atoms with Crippen molar-refractivity contribution in [2.75, 3.05) is 5.75 Å². The molecule has 0 amide bonds. The standard InChI is InChI=1S/C14H26N2S/c1-5-14(4)10-17-12(16-14)15-11-6-8-13(2,3)9-7-11/h11H,5-10H2,1-4H3,(H,15,16). The summed E-state index contributed by atoms with van der Waals surface area (Å²) in [5.41, 5.74) is 0.822. The molecular formula is C14H26N2S. The van der Waals surface area contributed by atoms with Crippen molar-refractivity contribution in [3.8, 4) is 0 Å². The molecule has 0 spiro atoms. The Morgan fingerprint density at radius 1 is 1.29 bits per heavy atom. The molecule has 2 aliphatic rings. The quantitative estimate of drug-likeness (QED) is 0.810. The van der Waals surface area contributed by atoms with Crippen LogP contribution in [-0.4, -0.2) is 22.5 Å². The van der Waals surface area contributed by atoms with Gasteiger partial charge in [-0.2, -0.15) is 0 Å². The van der Waals surface area contributed by atoms with Gasteiger partial charge < -0.3 is 5.32 Å². The topological polar surface area (TPSA) is 24.4 Å². The third-order valence-electron chi connectivity index (χ3n) is 4.32. The van der Waals surface area contributed by atoms with Crippen LogP contribution in [-0.2, 0) is 0 Å². The summed E-state index contributed by atoms with van der Waals surface area (Å²) in [6.07, 6.45) is 6.36. The van der Waals surface area contributed by atoms with Gasteiger partial charge in [-0.15, -0.1) is 0 Å². The third-order valence-corrected chi connectivity index (χ3v) is 5.59. The number of aliphatic imine (C=N–C) groups is 1. The molecule has 1 aliphatic heterocycles. The first kappa shape index (κ1) is 13.3. The predicted octanol–water partition coefficient (Wildman–Crippen LogP) is 3.82. The van der Waals surface area contributed by atoms with Crippen LogP contribution in [0.2, 0.25) is 0 Å². The summed E-state index contributed by atoms with van der Waals surface area (Å²) in [6, 6.07) is 0.567. The van der Waals surface area contributed by atoms with E-state index in [4.69, 9.17) is 4.99 Å². The van der Waals surface area contributed by atoms with Crippen molar-refractivity contribution in [2.45, 2.75) is 71.4 Å². The second kappa shape index (κ2) is 4.83. The summed E-state index contributed by atoms with van der Waals surface area (Å²) in [5, 5.41) is 4.79. The predicted molar refractivity (Wildman–Crippen MR) is 77.8 cm³/mol. The van der Waals surface area contributed by atoms with E-state index in [-0.39, 0.29) is 5.54 Å². The molecule has 1 unspecified atom stereocenters. The second-order valence-corrected chi connectivity index (χ2v) is 7.62. The molecule has 1 saturated carbocycles.